The molecule has 0 unspecified atom stereocenters. The summed E-state index contributed by atoms with van der Waals surface area (Å²) in [7, 11) is 1.91. The van der Waals surface area contributed by atoms with Gasteiger partial charge in [0.05, 0.1) is 0 Å². The van der Waals surface area contributed by atoms with Gasteiger partial charge in [-0.2, -0.15) is 11.3 Å². The zero-order valence-corrected chi connectivity index (χ0v) is 11.8. The molecule has 1 aromatic rings. The summed E-state index contributed by atoms with van der Waals surface area (Å²) in [5.41, 5.74) is 6.91. The van der Waals surface area contributed by atoms with E-state index in [0.717, 1.165) is 38.8 Å². The Bertz CT molecular complexity index is 369. The maximum atomic E-state index is 12.3. The molecule has 1 saturated carbocycles. The largest absolute Gasteiger partial charge is 0.341 e. The Kier molecular flexibility index (Phi) is 4.78. The predicted octanol–water partition coefficient (Wildman–Crippen LogP) is 2.47. The van der Waals surface area contributed by atoms with Crippen LogP contribution in [0, 0.1) is 11.8 Å². The van der Waals surface area contributed by atoms with Crippen LogP contribution < -0.4 is 5.73 Å². The van der Waals surface area contributed by atoms with Crippen LogP contribution in [0.15, 0.2) is 16.8 Å². The molecule has 0 radical (unpaired) electrons. The van der Waals surface area contributed by atoms with E-state index in [0.29, 0.717) is 11.8 Å². The molecule has 4 heteroatoms. The first-order valence-corrected chi connectivity index (χ1v) is 7.61. The summed E-state index contributed by atoms with van der Waals surface area (Å²) >= 11 is 1.68. The van der Waals surface area contributed by atoms with E-state index >= 15 is 0 Å². The summed E-state index contributed by atoms with van der Waals surface area (Å²) in [4.78, 5) is 14.2. The molecule has 1 aromatic heterocycles. The fourth-order valence-electron chi connectivity index (χ4n) is 2.69. The molecule has 0 aromatic carbocycles. The van der Waals surface area contributed by atoms with E-state index < -0.39 is 0 Å². The molecular weight excluding hydrogens is 244 g/mol. The van der Waals surface area contributed by atoms with Crippen molar-refractivity contribution in [3.8, 4) is 0 Å². The van der Waals surface area contributed by atoms with Gasteiger partial charge < -0.3 is 10.6 Å². The summed E-state index contributed by atoms with van der Waals surface area (Å²) < 4.78 is 0. The molecule has 1 aliphatic rings. The van der Waals surface area contributed by atoms with Crippen LogP contribution in [0.5, 0.6) is 0 Å². The zero-order valence-electron chi connectivity index (χ0n) is 11.0. The number of nitrogens with zero attached hydrogens (tertiary/aromatic N) is 1. The lowest BCUT2D eigenvalue weighted by Crippen LogP contribution is -2.35. The topological polar surface area (TPSA) is 46.3 Å². The molecule has 0 spiro atoms. The number of nitrogens with two attached hydrogens (primary N) is 1. The molecule has 0 atom stereocenters. The van der Waals surface area contributed by atoms with Crippen LogP contribution in [-0.2, 0) is 11.3 Å². The van der Waals surface area contributed by atoms with Crippen LogP contribution >= 0.6 is 11.3 Å². The Morgan fingerprint density at radius 3 is 2.72 bits per heavy atom. The second-order valence-corrected chi connectivity index (χ2v) is 6.06. The first-order valence-electron chi connectivity index (χ1n) is 6.66. The minimum Gasteiger partial charge on any atom is -0.341 e. The lowest BCUT2D eigenvalue weighted by atomic mass is 9.81. The highest BCUT2D eigenvalue weighted by atomic mass is 32.1. The number of hydrogen-bond donors (Lipinski definition) is 1. The fourth-order valence-corrected chi connectivity index (χ4v) is 3.35. The number of thiophene rings is 1. The Morgan fingerprint density at radius 1 is 1.44 bits per heavy atom. The van der Waals surface area contributed by atoms with Gasteiger partial charge in [-0.1, -0.05) is 0 Å². The second-order valence-electron chi connectivity index (χ2n) is 5.28. The van der Waals surface area contributed by atoms with E-state index in [1.807, 2.05) is 11.9 Å². The quantitative estimate of drug-likeness (QED) is 0.910. The SMILES string of the molecule is CN(Cc1ccsc1)C(=O)C1CCC(CN)CC1. The Labute approximate surface area is 113 Å². The maximum Gasteiger partial charge on any atom is 0.225 e. The van der Waals surface area contributed by atoms with E-state index in [4.69, 9.17) is 5.73 Å². The summed E-state index contributed by atoms with van der Waals surface area (Å²) in [6.07, 6.45) is 4.24. The predicted molar refractivity (Wildman–Crippen MR) is 75.3 cm³/mol. The molecule has 0 saturated heterocycles. The van der Waals surface area contributed by atoms with Gasteiger partial charge in [0, 0.05) is 19.5 Å². The van der Waals surface area contributed by atoms with Crippen LogP contribution in [0.25, 0.3) is 0 Å². The normalized spacial score (nSPS) is 23.9. The molecule has 0 bridgehead atoms. The van der Waals surface area contributed by atoms with Crippen molar-refractivity contribution in [3.05, 3.63) is 22.4 Å². The first kappa shape index (κ1) is 13.6. The van der Waals surface area contributed by atoms with Crippen molar-refractivity contribution in [1.29, 1.82) is 0 Å². The fraction of sp³-hybridized carbons (Fsp3) is 0.643. The second kappa shape index (κ2) is 6.34. The van der Waals surface area contributed by atoms with Gasteiger partial charge in [0.25, 0.3) is 0 Å². The lowest BCUT2D eigenvalue weighted by molar-refractivity contribution is -0.136. The molecule has 2 rings (SSSR count). The number of rotatable bonds is 4. The number of carbonyl (C=O) groups excluding carboxylic acids is 1. The van der Waals surface area contributed by atoms with Gasteiger partial charge in [0.1, 0.15) is 0 Å². The number of amides is 1. The third-order valence-electron chi connectivity index (χ3n) is 3.91. The minimum absolute atomic E-state index is 0.219. The van der Waals surface area contributed by atoms with Crippen molar-refractivity contribution in [2.24, 2.45) is 17.6 Å². The smallest absolute Gasteiger partial charge is 0.225 e. The van der Waals surface area contributed by atoms with Gasteiger partial charge in [-0.25, -0.2) is 0 Å². The molecule has 2 N–H and O–H groups in total. The standard InChI is InChI=1S/C14H22N2OS/c1-16(9-12-6-7-18-10-12)14(17)13-4-2-11(8-15)3-5-13/h6-7,10-11,13H,2-5,8-9,15H2,1H3. The minimum atomic E-state index is 0.219. The molecule has 100 valence electrons. The van der Waals surface area contributed by atoms with Crippen LogP contribution in [-0.4, -0.2) is 24.4 Å². The van der Waals surface area contributed by atoms with E-state index in [2.05, 4.69) is 16.8 Å². The van der Waals surface area contributed by atoms with Crippen LogP contribution in [0.3, 0.4) is 0 Å². The van der Waals surface area contributed by atoms with Crippen LogP contribution in [0.4, 0.5) is 0 Å². The lowest BCUT2D eigenvalue weighted by Gasteiger charge is -2.29. The molecule has 0 aliphatic heterocycles. The van der Waals surface area contributed by atoms with Crippen molar-refractivity contribution in [1.82, 2.24) is 4.90 Å². The van der Waals surface area contributed by atoms with E-state index in [1.54, 1.807) is 11.3 Å². The summed E-state index contributed by atoms with van der Waals surface area (Å²) in [5, 5.41) is 4.16. The molecule has 1 heterocycles. The number of hydrogen-bond acceptors (Lipinski definition) is 3. The first-order chi connectivity index (χ1) is 8.70. The molecule has 1 amide bonds. The van der Waals surface area contributed by atoms with Gasteiger partial charge in [0.2, 0.25) is 5.91 Å². The summed E-state index contributed by atoms with van der Waals surface area (Å²) in [6, 6.07) is 2.08. The average Bonchev–Trinajstić information content (AvgIpc) is 2.91. The van der Waals surface area contributed by atoms with Crippen molar-refractivity contribution < 1.29 is 4.79 Å². The average molecular weight is 266 g/mol. The van der Waals surface area contributed by atoms with Crippen LogP contribution in [0.2, 0.25) is 0 Å². The third kappa shape index (κ3) is 3.33. The van der Waals surface area contributed by atoms with Gasteiger partial charge in [-0.05, 0) is 60.5 Å². The molecule has 18 heavy (non-hydrogen) atoms. The summed E-state index contributed by atoms with van der Waals surface area (Å²) in [6.45, 7) is 1.50. The Hall–Kier alpha value is -0.870. The van der Waals surface area contributed by atoms with Crippen molar-refractivity contribution in [2.45, 2.75) is 32.2 Å². The maximum absolute atomic E-state index is 12.3. The highest BCUT2D eigenvalue weighted by Gasteiger charge is 2.27. The highest BCUT2D eigenvalue weighted by molar-refractivity contribution is 7.07. The van der Waals surface area contributed by atoms with Crippen LogP contribution in [0.1, 0.15) is 31.2 Å². The van der Waals surface area contributed by atoms with Gasteiger partial charge in [0.15, 0.2) is 0 Å². The van der Waals surface area contributed by atoms with Gasteiger partial charge in [-0.15, -0.1) is 0 Å². The molecule has 3 nitrogen and oxygen atoms in total. The molecule has 1 fully saturated rings. The van der Waals surface area contributed by atoms with E-state index in [9.17, 15) is 4.79 Å². The van der Waals surface area contributed by atoms with E-state index in [-0.39, 0.29) is 5.92 Å². The van der Waals surface area contributed by atoms with E-state index in [1.165, 1.54) is 5.56 Å². The van der Waals surface area contributed by atoms with Gasteiger partial charge in [-0.3, -0.25) is 4.79 Å². The Morgan fingerprint density at radius 2 is 2.17 bits per heavy atom. The number of carbonyl (C=O) groups is 1. The van der Waals surface area contributed by atoms with Crippen molar-refractivity contribution in [2.75, 3.05) is 13.6 Å². The monoisotopic (exact) mass is 266 g/mol. The highest BCUT2D eigenvalue weighted by Crippen LogP contribution is 2.29. The third-order valence-corrected chi connectivity index (χ3v) is 4.64. The summed E-state index contributed by atoms with van der Waals surface area (Å²) in [5.74, 6) is 1.16. The molecule has 1 aliphatic carbocycles. The molecular formula is C14H22N2OS. The Balaban J connectivity index is 1.84. The van der Waals surface area contributed by atoms with Gasteiger partial charge >= 0.3 is 0 Å². The van der Waals surface area contributed by atoms with Crippen molar-refractivity contribution >= 4 is 17.2 Å². The zero-order chi connectivity index (χ0) is 13.0. The van der Waals surface area contributed by atoms with Crippen molar-refractivity contribution in [3.63, 3.8) is 0 Å².